The van der Waals surface area contributed by atoms with Crippen LogP contribution in [-0.4, -0.2) is 31.5 Å². The van der Waals surface area contributed by atoms with E-state index >= 15 is 0 Å². The van der Waals surface area contributed by atoms with E-state index in [4.69, 9.17) is 4.74 Å². The molecule has 1 aliphatic rings. The number of fused-ring (bicyclic) bond motifs is 1. The lowest BCUT2D eigenvalue weighted by atomic mass is 10.1. The summed E-state index contributed by atoms with van der Waals surface area (Å²) in [4.78, 5) is 28.4. The number of anilines is 1. The Bertz CT molecular complexity index is 797. The van der Waals surface area contributed by atoms with Gasteiger partial charge in [-0.15, -0.1) is 11.3 Å². The minimum atomic E-state index is -0.716. The zero-order valence-corrected chi connectivity index (χ0v) is 14.3. The topological polar surface area (TPSA) is 58.6 Å². The van der Waals surface area contributed by atoms with Gasteiger partial charge in [0.2, 0.25) is 0 Å². The number of carbonyl (C=O) groups is 2. The predicted octanol–water partition coefficient (Wildman–Crippen LogP) is 2.61. The van der Waals surface area contributed by atoms with Crippen molar-refractivity contribution in [1.29, 1.82) is 0 Å². The van der Waals surface area contributed by atoms with Crippen LogP contribution in [0.15, 0.2) is 42.5 Å². The van der Waals surface area contributed by atoms with Crippen LogP contribution in [0, 0.1) is 6.92 Å². The molecule has 0 fully saturated rings. The number of rotatable bonds is 3. The van der Waals surface area contributed by atoms with Crippen LogP contribution in [0.4, 0.5) is 5.69 Å². The van der Waals surface area contributed by atoms with Crippen molar-refractivity contribution in [3.05, 3.63) is 52.2 Å². The number of benzene rings is 1. The highest BCUT2D eigenvalue weighted by molar-refractivity contribution is 7.12. The molecule has 24 heavy (non-hydrogen) atoms. The molecule has 2 aromatic rings. The van der Waals surface area contributed by atoms with E-state index in [0.717, 1.165) is 4.88 Å². The van der Waals surface area contributed by atoms with Gasteiger partial charge in [0.25, 0.3) is 11.8 Å². The Kier molecular flexibility index (Phi) is 4.66. The average molecular weight is 342 g/mol. The molecule has 6 heteroatoms. The molecule has 1 aliphatic heterocycles. The third-order valence-corrected chi connectivity index (χ3v) is 4.70. The van der Waals surface area contributed by atoms with Crippen LogP contribution in [0.2, 0.25) is 0 Å². The van der Waals surface area contributed by atoms with Gasteiger partial charge in [-0.05, 0) is 37.3 Å². The van der Waals surface area contributed by atoms with Gasteiger partial charge in [-0.2, -0.15) is 0 Å². The highest BCUT2D eigenvalue weighted by Crippen LogP contribution is 2.33. The van der Waals surface area contributed by atoms with Crippen molar-refractivity contribution >= 4 is 34.9 Å². The molecule has 1 aromatic heterocycles. The quantitative estimate of drug-likeness (QED) is 0.873. The Morgan fingerprint density at radius 3 is 2.79 bits per heavy atom. The number of ether oxygens (including phenoxy) is 1. The molecule has 0 unspecified atom stereocenters. The van der Waals surface area contributed by atoms with Crippen LogP contribution in [-0.2, 0) is 9.59 Å². The van der Waals surface area contributed by atoms with E-state index in [9.17, 15) is 9.59 Å². The first-order valence-corrected chi connectivity index (χ1v) is 8.43. The van der Waals surface area contributed by atoms with E-state index in [1.807, 2.05) is 37.3 Å². The zero-order chi connectivity index (χ0) is 17.1. The van der Waals surface area contributed by atoms with Gasteiger partial charge in [-0.25, -0.2) is 0 Å². The summed E-state index contributed by atoms with van der Waals surface area (Å²) in [5, 5.41) is 2.57. The molecule has 0 spiro atoms. The van der Waals surface area contributed by atoms with Crippen LogP contribution in [0.1, 0.15) is 9.75 Å². The normalized spacial score (nSPS) is 16.6. The lowest BCUT2D eigenvalue weighted by Crippen LogP contribution is -2.49. The standard InChI is InChI=1S/C18H18N2O3S/c1-12-7-8-13(24-12)9-10-17(21)20-11-16(18(22)19-2)23-15-6-4-3-5-14(15)20/h3-10,16H,11H2,1-2H3,(H,19,22)/b10-9+/t16-/m0/s1. The molecular weight excluding hydrogens is 324 g/mol. The number of hydrogen-bond donors (Lipinski definition) is 1. The molecule has 124 valence electrons. The van der Waals surface area contributed by atoms with E-state index in [1.54, 1.807) is 35.4 Å². The number of hydrogen-bond acceptors (Lipinski definition) is 4. The summed E-state index contributed by atoms with van der Waals surface area (Å²) in [6.45, 7) is 2.21. The summed E-state index contributed by atoms with van der Waals surface area (Å²) in [5.74, 6) is 0.108. The predicted molar refractivity (Wildman–Crippen MR) is 95.4 cm³/mol. The Morgan fingerprint density at radius 1 is 1.29 bits per heavy atom. The largest absolute Gasteiger partial charge is 0.477 e. The average Bonchev–Trinajstić information content (AvgIpc) is 3.03. The number of thiophene rings is 1. The van der Waals surface area contributed by atoms with Crippen molar-refractivity contribution in [2.75, 3.05) is 18.5 Å². The molecule has 1 aromatic carbocycles. The molecule has 0 aliphatic carbocycles. The Hall–Kier alpha value is -2.60. The van der Waals surface area contributed by atoms with Crippen LogP contribution in [0.5, 0.6) is 5.75 Å². The smallest absolute Gasteiger partial charge is 0.262 e. The summed E-state index contributed by atoms with van der Waals surface area (Å²) in [6.07, 6.45) is 2.62. The molecule has 5 nitrogen and oxygen atoms in total. The molecule has 0 radical (unpaired) electrons. The summed E-state index contributed by atoms with van der Waals surface area (Å²) in [5.41, 5.74) is 0.676. The van der Waals surface area contributed by atoms with E-state index in [0.29, 0.717) is 11.4 Å². The first kappa shape index (κ1) is 16.3. The molecule has 2 amide bonds. The number of nitrogens with zero attached hydrogens (tertiary/aromatic N) is 1. The third kappa shape index (κ3) is 3.33. The monoisotopic (exact) mass is 342 g/mol. The van der Waals surface area contributed by atoms with Crippen molar-refractivity contribution in [2.24, 2.45) is 0 Å². The van der Waals surface area contributed by atoms with Crippen molar-refractivity contribution in [3.63, 3.8) is 0 Å². The minimum Gasteiger partial charge on any atom is -0.477 e. The van der Waals surface area contributed by atoms with E-state index in [-0.39, 0.29) is 18.4 Å². The minimum absolute atomic E-state index is 0.175. The second-order valence-electron chi connectivity index (χ2n) is 5.42. The number of likely N-dealkylation sites (N-methyl/N-ethyl adjacent to an activating group) is 1. The van der Waals surface area contributed by atoms with Crippen LogP contribution < -0.4 is 15.0 Å². The van der Waals surface area contributed by atoms with Crippen LogP contribution >= 0.6 is 11.3 Å². The second kappa shape index (κ2) is 6.88. The van der Waals surface area contributed by atoms with Crippen LogP contribution in [0.25, 0.3) is 6.08 Å². The summed E-state index contributed by atoms with van der Waals surface area (Å²) < 4.78 is 5.70. The highest BCUT2D eigenvalue weighted by atomic mass is 32.1. The molecule has 3 rings (SSSR count). The molecule has 1 N–H and O–H groups in total. The molecule has 2 heterocycles. The van der Waals surface area contributed by atoms with E-state index in [2.05, 4.69) is 5.32 Å². The Balaban J connectivity index is 1.86. The van der Waals surface area contributed by atoms with E-state index in [1.165, 1.54) is 11.0 Å². The van der Waals surface area contributed by atoms with Gasteiger partial charge < -0.3 is 15.0 Å². The Morgan fingerprint density at radius 2 is 2.08 bits per heavy atom. The molecule has 0 saturated heterocycles. The SMILES string of the molecule is CNC(=O)[C@@H]1CN(C(=O)/C=C/c2ccc(C)s2)c2ccccc2O1. The van der Waals surface area contributed by atoms with Gasteiger partial charge in [-0.1, -0.05) is 12.1 Å². The number of carbonyl (C=O) groups excluding carboxylic acids is 2. The first-order valence-electron chi connectivity index (χ1n) is 7.62. The maximum atomic E-state index is 12.7. The number of nitrogens with one attached hydrogen (secondary N) is 1. The fraction of sp³-hybridized carbons (Fsp3) is 0.222. The second-order valence-corrected chi connectivity index (χ2v) is 6.74. The lowest BCUT2D eigenvalue weighted by Gasteiger charge is -2.33. The van der Waals surface area contributed by atoms with Gasteiger partial charge in [0.05, 0.1) is 12.2 Å². The summed E-state index contributed by atoms with van der Waals surface area (Å²) in [6, 6.07) is 11.2. The molecule has 0 bridgehead atoms. The summed E-state index contributed by atoms with van der Waals surface area (Å²) in [7, 11) is 1.55. The van der Waals surface area contributed by atoms with Crippen molar-refractivity contribution < 1.29 is 14.3 Å². The van der Waals surface area contributed by atoms with Crippen molar-refractivity contribution in [2.45, 2.75) is 13.0 Å². The number of aryl methyl sites for hydroxylation is 1. The molecular formula is C18H18N2O3S. The fourth-order valence-electron chi connectivity index (χ4n) is 2.53. The van der Waals surface area contributed by atoms with Crippen molar-refractivity contribution in [3.8, 4) is 5.75 Å². The third-order valence-electron chi connectivity index (χ3n) is 3.73. The van der Waals surface area contributed by atoms with Crippen LogP contribution in [0.3, 0.4) is 0 Å². The van der Waals surface area contributed by atoms with E-state index < -0.39 is 6.10 Å². The Labute approximate surface area is 144 Å². The molecule has 0 saturated carbocycles. The zero-order valence-electron chi connectivity index (χ0n) is 13.5. The molecule has 1 atom stereocenters. The van der Waals surface area contributed by atoms with Gasteiger partial charge in [0, 0.05) is 22.9 Å². The van der Waals surface area contributed by atoms with Gasteiger partial charge in [0.1, 0.15) is 5.75 Å². The van der Waals surface area contributed by atoms with Gasteiger partial charge in [-0.3, -0.25) is 9.59 Å². The van der Waals surface area contributed by atoms with Crippen molar-refractivity contribution in [1.82, 2.24) is 5.32 Å². The maximum absolute atomic E-state index is 12.7. The summed E-state index contributed by atoms with van der Waals surface area (Å²) >= 11 is 1.62. The highest BCUT2D eigenvalue weighted by Gasteiger charge is 2.32. The lowest BCUT2D eigenvalue weighted by molar-refractivity contribution is -0.127. The fourth-order valence-corrected chi connectivity index (χ4v) is 3.31. The van der Waals surface area contributed by atoms with Gasteiger partial charge in [0.15, 0.2) is 6.10 Å². The number of amides is 2. The first-order chi connectivity index (χ1) is 11.6. The number of para-hydroxylation sites is 2. The maximum Gasteiger partial charge on any atom is 0.262 e. The van der Waals surface area contributed by atoms with Gasteiger partial charge >= 0.3 is 0 Å².